The van der Waals surface area contributed by atoms with Gasteiger partial charge >= 0.3 is 0 Å². The summed E-state index contributed by atoms with van der Waals surface area (Å²) >= 11 is 0. The molecular weight excluding hydrogens is 204 g/mol. The highest BCUT2D eigenvalue weighted by Crippen LogP contribution is 2.27. The van der Waals surface area contributed by atoms with Crippen molar-refractivity contribution in [3.63, 3.8) is 0 Å². The molecule has 2 N–H and O–H groups in total. The van der Waals surface area contributed by atoms with Gasteiger partial charge in [0.1, 0.15) is 0 Å². The first-order valence-corrected chi connectivity index (χ1v) is 4.72. The van der Waals surface area contributed by atoms with Gasteiger partial charge in [-0.05, 0) is 24.3 Å². The van der Waals surface area contributed by atoms with E-state index in [9.17, 15) is 10.2 Å². The molecule has 0 saturated heterocycles. The van der Waals surface area contributed by atoms with Gasteiger partial charge in [-0.15, -0.1) is 0 Å². The molecule has 0 bridgehead atoms. The minimum absolute atomic E-state index is 0.157. The van der Waals surface area contributed by atoms with Crippen LogP contribution in [0.2, 0.25) is 0 Å². The summed E-state index contributed by atoms with van der Waals surface area (Å²) in [6.07, 6.45) is 4.74. The van der Waals surface area contributed by atoms with Crippen LogP contribution >= 0.6 is 0 Å². The van der Waals surface area contributed by atoms with E-state index in [-0.39, 0.29) is 11.5 Å². The number of rotatable bonds is 2. The molecule has 0 aliphatic heterocycles. The molecule has 0 radical (unpaired) electrons. The Kier molecular flexibility index (Phi) is 2.82. The zero-order chi connectivity index (χ0) is 11.4. The number of aliphatic imine (C=N–C) groups is 1. The lowest BCUT2D eigenvalue weighted by molar-refractivity contribution is 0.403. The molecule has 0 aliphatic rings. The third-order valence-electron chi connectivity index (χ3n) is 2.04. The summed E-state index contributed by atoms with van der Waals surface area (Å²) in [5.74, 6) is -0.328. The first kappa shape index (κ1) is 10.2. The number of para-hydroxylation sites is 1. The highest BCUT2D eigenvalue weighted by atomic mass is 16.3. The van der Waals surface area contributed by atoms with Gasteiger partial charge in [-0.3, -0.25) is 9.98 Å². The molecule has 0 atom stereocenters. The first-order chi connectivity index (χ1) is 7.77. The van der Waals surface area contributed by atoms with Crippen LogP contribution in [0.15, 0.2) is 47.7 Å². The van der Waals surface area contributed by atoms with Crippen molar-refractivity contribution in [2.24, 2.45) is 4.99 Å². The van der Waals surface area contributed by atoms with Gasteiger partial charge in [-0.1, -0.05) is 6.07 Å². The van der Waals surface area contributed by atoms with Gasteiger partial charge in [-0.2, -0.15) is 0 Å². The van der Waals surface area contributed by atoms with E-state index >= 15 is 0 Å². The number of nitrogens with zero attached hydrogens (tertiary/aromatic N) is 2. The van der Waals surface area contributed by atoms with Crippen molar-refractivity contribution < 1.29 is 10.2 Å². The molecule has 4 nitrogen and oxygen atoms in total. The summed E-state index contributed by atoms with van der Waals surface area (Å²) in [7, 11) is 0. The normalized spacial score (nSPS) is 10.8. The maximum atomic E-state index is 9.52. The first-order valence-electron chi connectivity index (χ1n) is 4.72. The van der Waals surface area contributed by atoms with Gasteiger partial charge in [0.05, 0.1) is 11.9 Å². The summed E-state index contributed by atoms with van der Waals surface area (Å²) in [5, 5.41) is 18.8. The molecule has 2 aromatic rings. The average Bonchev–Trinajstić information content (AvgIpc) is 2.32. The summed E-state index contributed by atoms with van der Waals surface area (Å²) in [5.41, 5.74) is 1.15. The van der Waals surface area contributed by atoms with E-state index in [4.69, 9.17) is 0 Å². The van der Waals surface area contributed by atoms with Gasteiger partial charge in [0.25, 0.3) is 0 Å². The lowest BCUT2D eigenvalue weighted by Crippen LogP contribution is -1.82. The van der Waals surface area contributed by atoms with Crippen molar-refractivity contribution in [3.05, 3.63) is 48.3 Å². The van der Waals surface area contributed by atoms with Crippen molar-refractivity contribution in [3.8, 4) is 11.5 Å². The van der Waals surface area contributed by atoms with Crippen molar-refractivity contribution >= 4 is 11.9 Å². The number of phenolic OH excluding ortho intramolecular Hbond substituents is 2. The molecule has 0 spiro atoms. The minimum Gasteiger partial charge on any atom is -0.504 e. The molecule has 1 aromatic carbocycles. The largest absolute Gasteiger partial charge is 0.504 e. The highest BCUT2D eigenvalue weighted by molar-refractivity contribution is 5.86. The zero-order valence-electron chi connectivity index (χ0n) is 8.41. The fourth-order valence-corrected chi connectivity index (χ4v) is 1.23. The van der Waals surface area contributed by atoms with Gasteiger partial charge in [0.15, 0.2) is 11.5 Å². The second-order valence-electron chi connectivity index (χ2n) is 3.18. The standard InChI is InChI=1S/C12H10N2O2/c15-11-5-1-3-9(12(11)16)7-14-10-4-2-6-13-8-10/h1-8,15-16H. The Morgan fingerprint density at radius 3 is 2.75 bits per heavy atom. The monoisotopic (exact) mass is 214 g/mol. The molecule has 16 heavy (non-hydrogen) atoms. The predicted molar refractivity (Wildman–Crippen MR) is 61.3 cm³/mol. The minimum atomic E-state index is -0.171. The molecule has 1 heterocycles. The summed E-state index contributed by atoms with van der Waals surface area (Å²) < 4.78 is 0. The molecule has 0 fully saturated rings. The second kappa shape index (κ2) is 4.44. The van der Waals surface area contributed by atoms with Crippen molar-refractivity contribution in [2.75, 3.05) is 0 Å². The third kappa shape index (κ3) is 2.17. The van der Waals surface area contributed by atoms with Crippen LogP contribution in [0.3, 0.4) is 0 Å². The molecule has 0 unspecified atom stereocenters. The second-order valence-corrected chi connectivity index (χ2v) is 3.18. The fourth-order valence-electron chi connectivity index (χ4n) is 1.23. The van der Waals surface area contributed by atoms with E-state index in [2.05, 4.69) is 9.98 Å². The number of phenols is 2. The Bertz CT molecular complexity index is 510. The van der Waals surface area contributed by atoms with Gasteiger partial charge in [0.2, 0.25) is 0 Å². The van der Waals surface area contributed by atoms with Crippen LogP contribution in [0.25, 0.3) is 0 Å². The lowest BCUT2D eigenvalue weighted by Gasteiger charge is -2.00. The molecule has 80 valence electrons. The van der Waals surface area contributed by atoms with E-state index in [1.807, 2.05) is 0 Å². The van der Waals surface area contributed by atoms with E-state index in [1.54, 1.807) is 36.7 Å². The third-order valence-corrected chi connectivity index (χ3v) is 2.04. The summed E-state index contributed by atoms with van der Waals surface area (Å²) in [6.45, 7) is 0. The van der Waals surface area contributed by atoms with Gasteiger partial charge < -0.3 is 10.2 Å². The number of hydrogen-bond acceptors (Lipinski definition) is 4. The van der Waals surface area contributed by atoms with Crippen molar-refractivity contribution in [2.45, 2.75) is 0 Å². The maximum Gasteiger partial charge on any atom is 0.166 e. The Labute approximate surface area is 92.6 Å². The van der Waals surface area contributed by atoms with E-state index in [0.717, 1.165) is 0 Å². The molecular formula is C12H10N2O2. The Hall–Kier alpha value is -2.36. The molecule has 2 rings (SSSR count). The quantitative estimate of drug-likeness (QED) is 0.595. The van der Waals surface area contributed by atoms with Crippen LogP contribution in [0.4, 0.5) is 5.69 Å². The number of pyridine rings is 1. The fraction of sp³-hybridized carbons (Fsp3) is 0. The topological polar surface area (TPSA) is 65.7 Å². The number of hydrogen-bond donors (Lipinski definition) is 2. The molecule has 0 aliphatic carbocycles. The number of benzene rings is 1. The summed E-state index contributed by atoms with van der Waals surface area (Å²) in [6, 6.07) is 8.28. The lowest BCUT2D eigenvalue weighted by atomic mass is 10.2. The van der Waals surface area contributed by atoms with E-state index < -0.39 is 0 Å². The van der Waals surface area contributed by atoms with Crippen molar-refractivity contribution in [1.29, 1.82) is 0 Å². The smallest absolute Gasteiger partial charge is 0.166 e. The Morgan fingerprint density at radius 1 is 1.12 bits per heavy atom. The van der Waals surface area contributed by atoms with Crippen LogP contribution < -0.4 is 0 Å². The van der Waals surface area contributed by atoms with Crippen LogP contribution in [0.5, 0.6) is 11.5 Å². The molecule has 1 aromatic heterocycles. The van der Waals surface area contributed by atoms with E-state index in [0.29, 0.717) is 11.3 Å². The maximum absolute atomic E-state index is 9.52. The average molecular weight is 214 g/mol. The predicted octanol–water partition coefficient (Wildman–Crippen LogP) is 2.24. The number of aromatic hydroxyl groups is 2. The number of aromatic nitrogens is 1. The van der Waals surface area contributed by atoms with Crippen LogP contribution in [-0.2, 0) is 0 Å². The summed E-state index contributed by atoms with van der Waals surface area (Å²) in [4.78, 5) is 8.03. The SMILES string of the molecule is Oc1cccc(C=Nc2cccnc2)c1O. The van der Waals surface area contributed by atoms with Gasteiger partial charge in [-0.25, -0.2) is 0 Å². The molecule has 4 heteroatoms. The van der Waals surface area contributed by atoms with Crippen LogP contribution in [0.1, 0.15) is 5.56 Å². The van der Waals surface area contributed by atoms with Gasteiger partial charge in [0, 0.05) is 18.0 Å². The Morgan fingerprint density at radius 2 is 2.00 bits per heavy atom. The Balaban J connectivity index is 2.28. The van der Waals surface area contributed by atoms with E-state index in [1.165, 1.54) is 12.3 Å². The van der Waals surface area contributed by atoms with Crippen LogP contribution in [0, 0.1) is 0 Å². The highest BCUT2D eigenvalue weighted by Gasteiger charge is 2.02. The molecule has 0 amide bonds. The van der Waals surface area contributed by atoms with Crippen LogP contribution in [-0.4, -0.2) is 21.4 Å². The molecule has 0 saturated carbocycles. The van der Waals surface area contributed by atoms with Crippen molar-refractivity contribution in [1.82, 2.24) is 4.98 Å². The zero-order valence-corrected chi connectivity index (χ0v) is 8.41.